The van der Waals surface area contributed by atoms with Crippen LogP contribution >= 0.6 is 0 Å². The first kappa shape index (κ1) is 17.0. The summed E-state index contributed by atoms with van der Waals surface area (Å²) in [5.41, 5.74) is 4.56. The molecular weight excluding hydrogens is 285 g/mol. The molecule has 0 radical (unpaired) electrons. The molecule has 7 heteroatoms. The van der Waals surface area contributed by atoms with E-state index < -0.39 is 29.6 Å². The van der Waals surface area contributed by atoms with Gasteiger partial charge < -0.3 is 11.1 Å². The average Bonchev–Trinajstić information content (AvgIpc) is 2.34. The van der Waals surface area contributed by atoms with E-state index in [4.69, 9.17) is 5.73 Å². The lowest BCUT2D eigenvalue weighted by molar-refractivity contribution is -0.137. The van der Waals surface area contributed by atoms with E-state index >= 15 is 0 Å². The number of nitrogens with one attached hydrogen (secondary N) is 1. The molecule has 0 bridgehead atoms. The summed E-state index contributed by atoms with van der Waals surface area (Å²) < 4.78 is 37.7. The van der Waals surface area contributed by atoms with Gasteiger partial charge in [-0.1, -0.05) is 32.0 Å². The first-order valence-corrected chi connectivity index (χ1v) is 6.36. The molecule has 1 aromatic carbocycles. The lowest BCUT2D eigenvalue weighted by Gasteiger charge is -2.19. The maximum atomic E-state index is 12.6. The monoisotopic (exact) mass is 302 g/mol. The Morgan fingerprint density at radius 1 is 1.29 bits per heavy atom. The molecule has 0 fully saturated rings. The van der Waals surface area contributed by atoms with Crippen LogP contribution in [-0.4, -0.2) is 17.9 Å². The number of primary amides is 1. The van der Waals surface area contributed by atoms with Crippen LogP contribution in [0.5, 0.6) is 0 Å². The van der Waals surface area contributed by atoms with Crippen molar-refractivity contribution in [1.29, 1.82) is 0 Å². The number of benzene rings is 1. The van der Waals surface area contributed by atoms with Gasteiger partial charge in [-0.25, -0.2) is 0 Å². The molecule has 4 nitrogen and oxygen atoms in total. The Morgan fingerprint density at radius 3 is 2.38 bits per heavy atom. The lowest BCUT2D eigenvalue weighted by atomic mass is 10.0. The summed E-state index contributed by atoms with van der Waals surface area (Å²) in [5, 5.41) is 2.43. The second kappa shape index (κ2) is 6.60. The van der Waals surface area contributed by atoms with E-state index in [1.165, 1.54) is 12.1 Å². The summed E-state index contributed by atoms with van der Waals surface area (Å²) in [7, 11) is 0. The first-order valence-electron chi connectivity index (χ1n) is 6.36. The molecule has 0 spiro atoms. The number of alkyl halides is 3. The topological polar surface area (TPSA) is 72.2 Å². The fraction of sp³-hybridized carbons (Fsp3) is 0.429. The third kappa shape index (κ3) is 5.09. The molecule has 0 aromatic heterocycles. The Kier molecular flexibility index (Phi) is 5.34. The summed E-state index contributed by atoms with van der Waals surface area (Å²) in [6, 6.07) is 3.65. The minimum absolute atomic E-state index is 0.201. The van der Waals surface area contributed by atoms with Crippen molar-refractivity contribution in [1.82, 2.24) is 5.32 Å². The van der Waals surface area contributed by atoms with E-state index in [0.29, 0.717) is 0 Å². The second-order valence-electron chi connectivity index (χ2n) is 5.07. The Balaban J connectivity index is 2.77. The van der Waals surface area contributed by atoms with Gasteiger partial charge in [-0.05, 0) is 17.5 Å². The zero-order valence-corrected chi connectivity index (χ0v) is 11.7. The van der Waals surface area contributed by atoms with E-state index in [2.05, 4.69) is 5.32 Å². The highest BCUT2D eigenvalue weighted by atomic mass is 19.4. The van der Waals surface area contributed by atoms with Gasteiger partial charge in [-0.2, -0.15) is 13.2 Å². The van der Waals surface area contributed by atoms with Crippen LogP contribution in [0.2, 0.25) is 0 Å². The molecule has 1 rings (SSSR count). The average molecular weight is 302 g/mol. The minimum atomic E-state index is -4.46. The zero-order chi connectivity index (χ0) is 16.2. The lowest BCUT2D eigenvalue weighted by Crippen LogP contribution is -2.48. The molecule has 1 atom stereocenters. The van der Waals surface area contributed by atoms with Crippen molar-refractivity contribution < 1.29 is 22.8 Å². The fourth-order valence-electron chi connectivity index (χ4n) is 1.83. The molecule has 21 heavy (non-hydrogen) atoms. The van der Waals surface area contributed by atoms with Crippen molar-refractivity contribution in [3.05, 3.63) is 35.4 Å². The number of amides is 2. The minimum Gasteiger partial charge on any atom is -0.368 e. The van der Waals surface area contributed by atoms with Crippen LogP contribution in [0.3, 0.4) is 0 Å². The van der Waals surface area contributed by atoms with E-state index in [9.17, 15) is 22.8 Å². The molecule has 0 heterocycles. The Labute approximate surface area is 120 Å². The third-order valence-corrected chi connectivity index (χ3v) is 2.91. The third-order valence-electron chi connectivity index (χ3n) is 2.91. The Bertz CT molecular complexity index is 527. The molecule has 116 valence electrons. The Hall–Kier alpha value is -2.05. The van der Waals surface area contributed by atoms with Gasteiger partial charge in [0.1, 0.15) is 6.04 Å². The van der Waals surface area contributed by atoms with Gasteiger partial charge in [0.05, 0.1) is 12.0 Å². The SMILES string of the molecule is CC(C)[C@@H](NC(=O)Cc1cccc(C(F)(F)F)c1)C(N)=O. The standard InChI is InChI=1S/C14H17F3N2O2/c1-8(2)12(13(18)21)19-11(20)7-9-4-3-5-10(6-9)14(15,16)17/h3-6,8,12H,7H2,1-2H3,(H2,18,21)(H,19,20)/t12-/m1/s1. The number of hydrogen-bond acceptors (Lipinski definition) is 2. The van der Waals surface area contributed by atoms with Crippen LogP contribution in [0.4, 0.5) is 13.2 Å². The van der Waals surface area contributed by atoms with Gasteiger partial charge in [-0.15, -0.1) is 0 Å². The zero-order valence-electron chi connectivity index (χ0n) is 11.7. The molecular formula is C14H17F3N2O2. The summed E-state index contributed by atoms with van der Waals surface area (Å²) in [4.78, 5) is 23.0. The van der Waals surface area contributed by atoms with Crippen molar-refractivity contribution in [3.63, 3.8) is 0 Å². The van der Waals surface area contributed by atoms with Crippen molar-refractivity contribution >= 4 is 11.8 Å². The highest BCUT2D eigenvalue weighted by Gasteiger charge is 2.30. The maximum Gasteiger partial charge on any atom is 0.416 e. The van der Waals surface area contributed by atoms with Crippen LogP contribution < -0.4 is 11.1 Å². The van der Waals surface area contributed by atoms with Gasteiger partial charge >= 0.3 is 6.18 Å². The number of rotatable bonds is 5. The van der Waals surface area contributed by atoms with Crippen LogP contribution in [-0.2, 0) is 22.2 Å². The summed E-state index contributed by atoms with van der Waals surface area (Å²) in [6.07, 6.45) is -4.71. The van der Waals surface area contributed by atoms with Gasteiger partial charge in [0, 0.05) is 0 Å². The predicted octanol–water partition coefficient (Wildman–Crippen LogP) is 1.87. The number of nitrogens with two attached hydrogens (primary N) is 1. The molecule has 1 aromatic rings. The number of halogens is 3. The molecule has 0 saturated carbocycles. The quantitative estimate of drug-likeness (QED) is 0.871. The van der Waals surface area contributed by atoms with E-state index in [0.717, 1.165) is 12.1 Å². The molecule has 0 saturated heterocycles. The van der Waals surface area contributed by atoms with E-state index in [1.54, 1.807) is 13.8 Å². The van der Waals surface area contributed by atoms with Gasteiger partial charge in [0.2, 0.25) is 11.8 Å². The normalized spacial score (nSPS) is 13.0. The highest BCUT2D eigenvalue weighted by molar-refractivity contribution is 5.87. The van der Waals surface area contributed by atoms with E-state index in [-0.39, 0.29) is 17.9 Å². The smallest absolute Gasteiger partial charge is 0.368 e. The van der Waals surface area contributed by atoms with Crippen molar-refractivity contribution in [2.24, 2.45) is 11.7 Å². The van der Waals surface area contributed by atoms with E-state index in [1.807, 2.05) is 0 Å². The first-order chi connectivity index (χ1) is 9.61. The summed E-state index contributed by atoms with van der Waals surface area (Å²) >= 11 is 0. The summed E-state index contributed by atoms with van der Waals surface area (Å²) in [5.74, 6) is -1.43. The molecule has 2 amide bonds. The number of carbonyl (C=O) groups is 2. The van der Waals surface area contributed by atoms with Crippen molar-refractivity contribution in [2.75, 3.05) is 0 Å². The van der Waals surface area contributed by atoms with Crippen molar-refractivity contribution in [2.45, 2.75) is 32.5 Å². The largest absolute Gasteiger partial charge is 0.416 e. The predicted molar refractivity (Wildman–Crippen MR) is 71.1 cm³/mol. The molecule has 0 unspecified atom stereocenters. The van der Waals surface area contributed by atoms with Crippen LogP contribution in [0.25, 0.3) is 0 Å². The fourth-order valence-corrected chi connectivity index (χ4v) is 1.83. The number of hydrogen-bond donors (Lipinski definition) is 2. The van der Waals surface area contributed by atoms with Crippen LogP contribution in [0.15, 0.2) is 24.3 Å². The maximum absolute atomic E-state index is 12.6. The molecule has 0 aliphatic carbocycles. The highest BCUT2D eigenvalue weighted by Crippen LogP contribution is 2.29. The van der Waals surface area contributed by atoms with Crippen LogP contribution in [0, 0.1) is 5.92 Å². The number of carbonyl (C=O) groups excluding carboxylic acids is 2. The molecule has 3 N–H and O–H groups in total. The second-order valence-corrected chi connectivity index (χ2v) is 5.07. The summed E-state index contributed by atoms with van der Waals surface area (Å²) in [6.45, 7) is 3.42. The molecule has 0 aliphatic rings. The Morgan fingerprint density at radius 2 is 1.90 bits per heavy atom. The van der Waals surface area contributed by atoms with Gasteiger partial charge in [0.15, 0.2) is 0 Å². The van der Waals surface area contributed by atoms with Crippen molar-refractivity contribution in [3.8, 4) is 0 Å². The molecule has 0 aliphatic heterocycles. The van der Waals surface area contributed by atoms with Gasteiger partial charge in [0.25, 0.3) is 0 Å². The van der Waals surface area contributed by atoms with Gasteiger partial charge in [-0.3, -0.25) is 9.59 Å². The van der Waals surface area contributed by atoms with Crippen LogP contribution in [0.1, 0.15) is 25.0 Å².